The minimum Gasteiger partial charge on any atom is -0.340 e. The van der Waals surface area contributed by atoms with E-state index in [4.69, 9.17) is 0 Å². The number of amides is 1. The summed E-state index contributed by atoms with van der Waals surface area (Å²) >= 11 is 0. The standard InChI is InChI=1S/C9H18N2O.2C2H6/c1-8(2)10-4-6-11(7-5-10)9(3)12;2*1-2/h8H,4-7H2,1-3H3;2*1-2H3. The highest BCUT2D eigenvalue weighted by Gasteiger charge is 2.19. The molecule has 0 saturated carbocycles. The van der Waals surface area contributed by atoms with Crippen LogP contribution in [0, 0.1) is 0 Å². The highest BCUT2D eigenvalue weighted by Crippen LogP contribution is 2.05. The Kier molecular flexibility index (Phi) is 12.2. The summed E-state index contributed by atoms with van der Waals surface area (Å²) in [6.45, 7) is 17.9. The quantitative estimate of drug-likeness (QED) is 0.691. The van der Waals surface area contributed by atoms with Gasteiger partial charge >= 0.3 is 0 Å². The molecule has 0 aromatic carbocycles. The second-order valence-corrected chi connectivity index (χ2v) is 3.64. The molecule has 1 aliphatic heterocycles. The number of hydrogen-bond donors (Lipinski definition) is 0. The number of hydrogen-bond acceptors (Lipinski definition) is 2. The fourth-order valence-corrected chi connectivity index (χ4v) is 1.55. The van der Waals surface area contributed by atoms with Crippen molar-refractivity contribution >= 4 is 5.91 Å². The maximum absolute atomic E-state index is 11.0. The third kappa shape index (κ3) is 6.83. The zero-order valence-electron chi connectivity index (χ0n) is 12.2. The van der Waals surface area contributed by atoms with Crippen molar-refractivity contribution in [3.63, 3.8) is 0 Å². The van der Waals surface area contributed by atoms with Crippen LogP contribution >= 0.6 is 0 Å². The van der Waals surface area contributed by atoms with Crippen LogP contribution in [-0.4, -0.2) is 47.9 Å². The predicted octanol–water partition coefficient (Wildman–Crippen LogP) is 2.61. The normalized spacial score (nSPS) is 15.9. The molecule has 16 heavy (non-hydrogen) atoms. The van der Waals surface area contributed by atoms with Crippen LogP contribution in [0.25, 0.3) is 0 Å². The van der Waals surface area contributed by atoms with Crippen molar-refractivity contribution in [2.75, 3.05) is 26.2 Å². The van der Waals surface area contributed by atoms with E-state index in [1.165, 1.54) is 0 Å². The van der Waals surface area contributed by atoms with Crippen molar-refractivity contribution in [2.24, 2.45) is 0 Å². The van der Waals surface area contributed by atoms with Crippen LogP contribution in [0.5, 0.6) is 0 Å². The van der Waals surface area contributed by atoms with E-state index in [0.717, 1.165) is 26.2 Å². The summed E-state index contributed by atoms with van der Waals surface area (Å²) in [5, 5.41) is 0. The average Bonchev–Trinajstić information content (AvgIpc) is 2.34. The SMILES string of the molecule is CC.CC.CC(=O)N1CCN(C(C)C)CC1. The van der Waals surface area contributed by atoms with Gasteiger partial charge in [-0.1, -0.05) is 27.7 Å². The molecule has 0 bridgehead atoms. The van der Waals surface area contributed by atoms with Gasteiger partial charge in [0.25, 0.3) is 0 Å². The molecule has 1 amide bonds. The monoisotopic (exact) mass is 230 g/mol. The Bertz CT molecular complexity index is 161. The molecule has 1 fully saturated rings. The van der Waals surface area contributed by atoms with E-state index in [0.29, 0.717) is 6.04 Å². The molecule has 3 nitrogen and oxygen atoms in total. The average molecular weight is 230 g/mol. The molecule has 3 heteroatoms. The Hall–Kier alpha value is -0.570. The van der Waals surface area contributed by atoms with Gasteiger partial charge in [0.05, 0.1) is 0 Å². The first-order valence-corrected chi connectivity index (χ1v) is 6.61. The molecule has 0 unspecified atom stereocenters. The van der Waals surface area contributed by atoms with Crippen molar-refractivity contribution in [3.8, 4) is 0 Å². The lowest BCUT2D eigenvalue weighted by Gasteiger charge is -2.36. The van der Waals surface area contributed by atoms with Crippen LogP contribution in [0.3, 0.4) is 0 Å². The van der Waals surface area contributed by atoms with Gasteiger partial charge in [-0.3, -0.25) is 9.69 Å². The highest BCUT2D eigenvalue weighted by molar-refractivity contribution is 5.73. The van der Waals surface area contributed by atoms with Gasteiger partial charge in [0.15, 0.2) is 0 Å². The molecule has 0 atom stereocenters. The first kappa shape index (κ1) is 17.8. The summed E-state index contributed by atoms with van der Waals surface area (Å²) in [6.07, 6.45) is 0. The Morgan fingerprint density at radius 2 is 1.31 bits per heavy atom. The van der Waals surface area contributed by atoms with Gasteiger partial charge in [-0.05, 0) is 13.8 Å². The Morgan fingerprint density at radius 1 is 0.938 bits per heavy atom. The number of carbonyl (C=O) groups is 1. The summed E-state index contributed by atoms with van der Waals surface area (Å²) in [4.78, 5) is 15.3. The van der Waals surface area contributed by atoms with Crippen LogP contribution in [0.15, 0.2) is 0 Å². The van der Waals surface area contributed by atoms with Gasteiger partial charge in [0.1, 0.15) is 0 Å². The van der Waals surface area contributed by atoms with E-state index in [1.54, 1.807) is 6.92 Å². The van der Waals surface area contributed by atoms with E-state index >= 15 is 0 Å². The highest BCUT2D eigenvalue weighted by atomic mass is 16.2. The Labute approximate surface area is 102 Å². The molecule has 0 aromatic rings. The maximum Gasteiger partial charge on any atom is 0.219 e. The third-order valence-electron chi connectivity index (χ3n) is 2.49. The van der Waals surface area contributed by atoms with Crippen LogP contribution in [0.1, 0.15) is 48.5 Å². The van der Waals surface area contributed by atoms with E-state index < -0.39 is 0 Å². The zero-order chi connectivity index (χ0) is 13.1. The van der Waals surface area contributed by atoms with Gasteiger partial charge in [-0.2, -0.15) is 0 Å². The first-order chi connectivity index (χ1) is 7.61. The number of carbonyl (C=O) groups excluding carboxylic acids is 1. The van der Waals surface area contributed by atoms with E-state index in [2.05, 4.69) is 18.7 Å². The number of piperazine rings is 1. The van der Waals surface area contributed by atoms with Crippen molar-refractivity contribution in [2.45, 2.75) is 54.5 Å². The van der Waals surface area contributed by atoms with Crippen molar-refractivity contribution in [3.05, 3.63) is 0 Å². The van der Waals surface area contributed by atoms with Gasteiger partial charge in [0.2, 0.25) is 5.91 Å². The Balaban J connectivity index is 0. The first-order valence-electron chi connectivity index (χ1n) is 6.61. The van der Waals surface area contributed by atoms with Crippen LogP contribution in [0.4, 0.5) is 0 Å². The molecule has 0 N–H and O–H groups in total. The largest absolute Gasteiger partial charge is 0.340 e. The summed E-state index contributed by atoms with van der Waals surface area (Å²) < 4.78 is 0. The van der Waals surface area contributed by atoms with E-state index in [1.807, 2.05) is 32.6 Å². The zero-order valence-corrected chi connectivity index (χ0v) is 12.2. The molecule has 1 saturated heterocycles. The summed E-state index contributed by atoms with van der Waals surface area (Å²) in [5.41, 5.74) is 0. The minimum atomic E-state index is 0.207. The number of nitrogens with zero attached hydrogens (tertiary/aromatic N) is 2. The van der Waals surface area contributed by atoms with Crippen molar-refractivity contribution in [1.29, 1.82) is 0 Å². The molecule has 0 spiro atoms. The second-order valence-electron chi connectivity index (χ2n) is 3.64. The van der Waals surface area contributed by atoms with Crippen molar-refractivity contribution < 1.29 is 4.79 Å². The second kappa shape index (κ2) is 10.9. The van der Waals surface area contributed by atoms with Gasteiger partial charge in [0, 0.05) is 39.1 Å². The number of rotatable bonds is 1. The molecule has 0 aromatic heterocycles. The predicted molar refractivity (Wildman–Crippen MR) is 71.7 cm³/mol. The molecule has 0 radical (unpaired) electrons. The molecular formula is C13H30N2O. The summed E-state index contributed by atoms with van der Waals surface area (Å²) in [6, 6.07) is 0.610. The summed E-state index contributed by atoms with van der Waals surface area (Å²) in [5.74, 6) is 0.207. The van der Waals surface area contributed by atoms with Crippen LogP contribution < -0.4 is 0 Å². The lowest BCUT2D eigenvalue weighted by atomic mass is 10.2. The lowest BCUT2D eigenvalue weighted by molar-refractivity contribution is -0.130. The third-order valence-corrected chi connectivity index (χ3v) is 2.49. The Morgan fingerprint density at radius 3 is 1.56 bits per heavy atom. The topological polar surface area (TPSA) is 23.6 Å². The van der Waals surface area contributed by atoms with E-state index in [-0.39, 0.29) is 5.91 Å². The minimum absolute atomic E-state index is 0.207. The lowest BCUT2D eigenvalue weighted by Crippen LogP contribution is -2.50. The molecular weight excluding hydrogens is 200 g/mol. The van der Waals surface area contributed by atoms with Gasteiger partial charge in [-0.15, -0.1) is 0 Å². The molecule has 1 aliphatic rings. The molecule has 98 valence electrons. The fraction of sp³-hybridized carbons (Fsp3) is 0.923. The fourth-order valence-electron chi connectivity index (χ4n) is 1.55. The summed E-state index contributed by atoms with van der Waals surface area (Å²) in [7, 11) is 0. The van der Waals surface area contributed by atoms with Crippen LogP contribution in [-0.2, 0) is 4.79 Å². The van der Waals surface area contributed by atoms with Gasteiger partial charge in [-0.25, -0.2) is 0 Å². The maximum atomic E-state index is 11.0. The van der Waals surface area contributed by atoms with Crippen molar-refractivity contribution in [1.82, 2.24) is 9.80 Å². The smallest absolute Gasteiger partial charge is 0.219 e. The molecule has 0 aliphatic carbocycles. The van der Waals surface area contributed by atoms with Gasteiger partial charge < -0.3 is 4.90 Å². The molecule has 1 heterocycles. The van der Waals surface area contributed by atoms with E-state index in [9.17, 15) is 4.79 Å². The molecule has 1 rings (SSSR count). The van der Waals surface area contributed by atoms with Crippen LogP contribution in [0.2, 0.25) is 0 Å².